The average Bonchev–Trinajstić information content (AvgIpc) is 3.27. The Bertz CT molecular complexity index is 1110. The second kappa shape index (κ2) is 8.20. The fourth-order valence-electron chi connectivity index (χ4n) is 3.84. The van der Waals surface area contributed by atoms with Gasteiger partial charge in [-0.2, -0.15) is 10.1 Å². The second-order valence-electron chi connectivity index (χ2n) is 7.37. The van der Waals surface area contributed by atoms with Crippen molar-refractivity contribution in [2.45, 2.75) is 25.1 Å². The number of ether oxygens (including phenoxy) is 1. The molecule has 0 saturated heterocycles. The molecule has 0 spiro atoms. The lowest BCUT2D eigenvalue weighted by atomic mass is 9.93. The molecule has 1 aliphatic heterocycles. The first-order valence-electron chi connectivity index (χ1n) is 9.94. The topological polar surface area (TPSA) is 52.0 Å². The summed E-state index contributed by atoms with van der Waals surface area (Å²) in [5.74, 6) is 1.63. The Morgan fingerprint density at radius 2 is 1.67 bits per heavy atom. The molecule has 0 saturated carbocycles. The van der Waals surface area contributed by atoms with Crippen molar-refractivity contribution in [3.05, 3.63) is 107 Å². The van der Waals surface area contributed by atoms with Crippen LogP contribution in [0.4, 0.5) is 5.95 Å². The molecule has 0 aliphatic carbocycles. The van der Waals surface area contributed by atoms with Gasteiger partial charge in [0.25, 0.3) is 0 Å². The van der Waals surface area contributed by atoms with Crippen LogP contribution < -0.4 is 10.1 Å². The fourth-order valence-corrected chi connectivity index (χ4v) is 3.96. The third-order valence-electron chi connectivity index (χ3n) is 5.42. The first kappa shape index (κ1) is 18.7. The van der Waals surface area contributed by atoms with Crippen LogP contribution >= 0.6 is 11.6 Å². The molecule has 0 radical (unpaired) electrons. The Morgan fingerprint density at radius 3 is 2.43 bits per heavy atom. The lowest BCUT2D eigenvalue weighted by Gasteiger charge is -2.32. The van der Waals surface area contributed by atoms with Gasteiger partial charge in [0.1, 0.15) is 18.7 Å². The molecule has 0 fully saturated rings. The van der Waals surface area contributed by atoms with Gasteiger partial charge in [0, 0.05) is 5.02 Å². The fraction of sp³-hybridized carbons (Fsp3) is 0.167. The summed E-state index contributed by atoms with van der Waals surface area (Å²) in [4.78, 5) is 4.40. The maximum absolute atomic E-state index is 6.06. The molecule has 5 nitrogen and oxygen atoms in total. The monoisotopic (exact) mass is 416 g/mol. The van der Waals surface area contributed by atoms with Crippen molar-refractivity contribution >= 4 is 17.5 Å². The van der Waals surface area contributed by atoms with Crippen molar-refractivity contribution in [3.8, 4) is 5.75 Å². The van der Waals surface area contributed by atoms with Gasteiger partial charge in [-0.15, -0.1) is 0 Å². The molecule has 2 atom stereocenters. The van der Waals surface area contributed by atoms with Crippen molar-refractivity contribution in [1.82, 2.24) is 14.8 Å². The number of hydrogen-bond donors (Lipinski definition) is 1. The van der Waals surface area contributed by atoms with E-state index in [2.05, 4.69) is 51.8 Å². The Balaban J connectivity index is 1.35. The highest BCUT2D eigenvalue weighted by Gasteiger charge is 2.29. The number of nitrogens with one attached hydrogen (secondary N) is 1. The Labute approximate surface area is 180 Å². The van der Waals surface area contributed by atoms with Crippen LogP contribution in [0, 0.1) is 0 Å². The van der Waals surface area contributed by atoms with E-state index in [0.717, 1.165) is 28.7 Å². The number of rotatable bonds is 5. The summed E-state index contributed by atoms with van der Waals surface area (Å²) in [7, 11) is 0. The number of aromatic nitrogens is 3. The van der Waals surface area contributed by atoms with Crippen LogP contribution in [0.5, 0.6) is 5.75 Å². The molecule has 0 bridgehead atoms. The number of anilines is 1. The molecule has 4 aromatic rings. The van der Waals surface area contributed by atoms with Crippen molar-refractivity contribution in [2.75, 3.05) is 5.32 Å². The third-order valence-corrected chi connectivity index (χ3v) is 5.67. The van der Waals surface area contributed by atoms with Gasteiger partial charge in [0.05, 0.1) is 12.1 Å². The largest absolute Gasteiger partial charge is 0.489 e. The van der Waals surface area contributed by atoms with Gasteiger partial charge in [0.15, 0.2) is 0 Å². The summed E-state index contributed by atoms with van der Waals surface area (Å²) in [6.07, 6.45) is 2.46. The maximum atomic E-state index is 6.06. The van der Waals surface area contributed by atoms with E-state index >= 15 is 0 Å². The number of halogens is 1. The van der Waals surface area contributed by atoms with Crippen LogP contribution in [0.3, 0.4) is 0 Å². The van der Waals surface area contributed by atoms with Crippen LogP contribution in [-0.2, 0) is 6.61 Å². The zero-order chi connectivity index (χ0) is 20.3. The summed E-state index contributed by atoms with van der Waals surface area (Å²) in [6, 6.07) is 26.6. The predicted octanol–water partition coefficient (Wildman–Crippen LogP) is 5.66. The molecule has 5 rings (SSSR count). The maximum Gasteiger partial charge on any atom is 0.222 e. The van der Waals surface area contributed by atoms with Gasteiger partial charge in [-0.05, 0) is 47.4 Å². The smallest absolute Gasteiger partial charge is 0.222 e. The number of hydrogen-bond acceptors (Lipinski definition) is 4. The first-order valence-corrected chi connectivity index (χ1v) is 10.3. The van der Waals surface area contributed by atoms with E-state index in [0.29, 0.717) is 6.61 Å². The van der Waals surface area contributed by atoms with E-state index in [1.807, 2.05) is 47.1 Å². The molecule has 30 heavy (non-hydrogen) atoms. The minimum absolute atomic E-state index is 0.0904. The zero-order valence-corrected chi connectivity index (χ0v) is 17.0. The minimum Gasteiger partial charge on any atom is -0.489 e. The average molecular weight is 417 g/mol. The van der Waals surface area contributed by atoms with Gasteiger partial charge in [-0.25, -0.2) is 4.68 Å². The second-order valence-corrected chi connectivity index (χ2v) is 7.81. The highest BCUT2D eigenvalue weighted by Crippen LogP contribution is 2.37. The van der Waals surface area contributed by atoms with Gasteiger partial charge < -0.3 is 10.1 Å². The van der Waals surface area contributed by atoms with Gasteiger partial charge in [-0.1, -0.05) is 66.2 Å². The quantitative estimate of drug-likeness (QED) is 0.456. The van der Waals surface area contributed by atoms with Gasteiger partial charge in [0.2, 0.25) is 5.95 Å². The standard InChI is InChI=1S/C24H21ClN4O/c25-20-10-6-18(7-11-20)22-14-23(29-24(28-22)26-16-27-29)19-8-12-21(13-9-19)30-15-17-4-2-1-3-5-17/h1-13,16,22-23H,14-15H2,(H,26,27,28)/t22-,23+/m0/s1. The highest BCUT2D eigenvalue weighted by molar-refractivity contribution is 6.30. The third kappa shape index (κ3) is 3.89. The molecule has 6 heteroatoms. The molecule has 2 heterocycles. The summed E-state index contributed by atoms with van der Waals surface area (Å²) in [5, 5.41) is 8.67. The molecular formula is C24H21ClN4O. The SMILES string of the molecule is Clc1ccc([C@@H]2C[C@H](c3ccc(OCc4ccccc4)cc3)n3ncnc3N2)cc1. The van der Waals surface area contributed by atoms with Crippen LogP contribution in [0.1, 0.15) is 35.2 Å². The first-order chi connectivity index (χ1) is 14.8. The molecule has 150 valence electrons. The van der Waals surface area contributed by atoms with Gasteiger partial charge in [-0.3, -0.25) is 0 Å². The number of fused-ring (bicyclic) bond motifs is 1. The number of nitrogens with zero attached hydrogens (tertiary/aromatic N) is 3. The van der Waals surface area contributed by atoms with Crippen molar-refractivity contribution in [3.63, 3.8) is 0 Å². The van der Waals surface area contributed by atoms with Crippen LogP contribution in [-0.4, -0.2) is 14.8 Å². The normalized spacial score (nSPS) is 17.8. The summed E-state index contributed by atoms with van der Waals surface area (Å²) >= 11 is 6.06. The predicted molar refractivity (Wildman–Crippen MR) is 118 cm³/mol. The summed E-state index contributed by atoms with van der Waals surface area (Å²) in [6.45, 7) is 0.555. The van der Waals surface area contributed by atoms with E-state index < -0.39 is 0 Å². The molecule has 0 amide bonds. The lowest BCUT2D eigenvalue weighted by molar-refractivity contribution is 0.306. The number of benzene rings is 3. The Kier molecular flexibility index (Phi) is 5.11. The Hall–Kier alpha value is -3.31. The summed E-state index contributed by atoms with van der Waals surface area (Å²) in [5.41, 5.74) is 3.51. The van der Waals surface area contributed by atoms with E-state index in [4.69, 9.17) is 16.3 Å². The minimum atomic E-state index is 0.0904. The molecular weight excluding hydrogens is 396 g/mol. The van der Waals surface area contributed by atoms with E-state index in [1.54, 1.807) is 6.33 Å². The van der Waals surface area contributed by atoms with Crippen molar-refractivity contribution in [1.29, 1.82) is 0 Å². The van der Waals surface area contributed by atoms with Crippen LogP contribution in [0.15, 0.2) is 85.2 Å². The highest BCUT2D eigenvalue weighted by atomic mass is 35.5. The molecule has 1 N–H and O–H groups in total. The van der Waals surface area contributed by atoms with Crippen molar-refractivity contribution in [2.24, 2.45) is 0 Å². The van der Waals surface area contributed by atoms with Crippen LogP contribution in [0.25, 0.3) is 0 Å². The van der Waals surface area contributed by atoms with Gasteiger partial charge >= 0.3 is 0 Å². The van der Waals surface area contributed by atoms with E-state index in [9.17, 15) is 0 Å². The molecule has 1 aliphatic rings. The molecule has 0 unspecified atom stereocenters. The molecule has 1 aromatic heterocycles. The van der Waals surface area contributed by atoms with E-state index in [1.165, 1.54) is 11.1 Å². The lowest BCUT2D eigenvalue weighted by Crippen LogP contribution is -2.28. The molecule has 3 aromatic carbocycles. The zero-order valence-electron chi connectivity index (χ0n) is 16.3. The van der Waals surface area contributed by atoms with E-state index in [-0.39, 0.29) is 12.1 Å². The summed E-state index contributed by atoms with van der Waals surface area (Å²) < 4.78 is 7.88. The van der Waals surface area contributed by atoms with Crippen molar-refractivity contribution < 1.29 is 4.74 Å². The Morgan fingerprint density at radius 1 is 0.933 bits per heavy atom. The van der Waals surface area contributed by atoms with Crippen LogP contribution in [0.2, 0.25) is 5.02 Å².